The van der Waals surface area contributed by atoms with Crippen LogP contribution in [0.15, 0.2) is 40.5 Å². The van der Waals surface area contributed by atoms with Crippen LogP contribution in [0.3, 0.4) is 0 Å². The Kier molecular flexibility index (Phi) is 4.73. The monoisotopic (exact) mass is 394 g/mol. The minimum atomic E-state index is -0.791. The molecule has 3 rings (SSSR count). The standard InChI is InChI=1S/C18H16Cl2N2O4/c1-8-6-12-14(17(23)22(8)2)13(9-4-5-10(19)11(20)7-9)15(16(21)26-12)18(24)25-3/h4-7,13H,21H2,1-3H3/t13-/m1/s1. The second kappa shape index (κ2) is 6.70. The average Bonchev–Trinajstić information content (AvgIpc) is 2.60. The van der Waals surface area contributed by atoms with Crippen molar-refractivity contribution in [2.24, 2.45) is 12.8 Å². The molecule has 1 aromatic carbocycles. The molecule has 0 spiro atoms. The molecule has 136 valence electrons. The van der Waals surface area contributed by atoms with Crippen molar-refractivity contribution in [3.63, 3.8) is 0 Å². The molecule has 26 heavy (non-hydrogen) atoms. The van der Waals surface area contributed by atoms with Gasteiger partial charge in [0.1, 0.15) is 11.3 Å². The summed E-state index contributed by atoms with van der Waals surface area (Å²) in [4.78, 5) is 25.3. The lowest BCUT2D eigenvalue weighted by Gasteiger charge is -2.28. The molecule has 8 heteroatoms. The number of aromatic nitrogens is 1. The molecule has 0 fully saturated rings. The Bertz CT molecular complexity index is 1010. The molecule has 2 N–H and O–H groups in total. The molecule has 1 aliphatic heterocycles. The molecule has 0 radical (unpaired) electrons. The lowest BCUT2D eigenvalue weighted by atomic mass is 9.83. The lowest BCUT2D eigenvalue weighted by Crippen LogP contribution is -2.34. The summed E-state index contributed by atoms with van der Waals surface area (Å²) in [6.07, 6.45) is 0. The number of nitrogens with zero attached hydrogens (tertiary/aromatic N) is 1. The molecule has 1 aliphatic rings. The third-order valence-electron chi connectivity index (χ3n) is 4.41. The van der Waals surface area contributed by atoms with E-state index in [9.17, 15) is 9.59 Å². The number of pyridine rings is 1. The predicted octanol–water partition coefficient (Wildman–Crippen LogP) is 2.87. The van der Waals surface area contributed by atoms with Crippen LogP contribution < -0.4 is 16.0 Å². The number of carbonyl (C=O) groups is 1. The topological polar surface area (TPSA) is 83.5 Å². The van der Waals surface area contributed by atoms with E-state index in [1.54, 1.807) is 38.2 Å². The maximum Gasteiger partial charge on any atom is 0.340 e. The van der Waals surface area contributed by atoms with Crippen molar-refractivity contribution in [3.8, 4) is 5.75 Å². The lowest BCUT2D eigenvalue weighted by molar-refractivity contribution is -0.136. The van der Waals surface area contributed by atoms with Crippen LogP contribution >= 0.6 is 23.2 Å². The summed E-state index contributed by atoms with van der Waals surface area (Å²) in [6, 6.07) is 6.57. The number of carbonyl (C=O) groups excluding carboxylic acids is 1. The van der Waals surface area contributed by atoms with E-state index in [-0.39, 0.29) is 22.6 Å². The second-order valence-electron chi connectivity index (χ2n) is 5.91. The Labute approximate surface area is 159 Å². The molecule has 0 aliphatic carbocycles. The van der Waals surface area contributed by atoms with Gasteiger partial charge in [-0.1, -0.05) is 29.3 Å². The van der Waals surface area contributed by atoms with Gasteiger partial charge in [0, 0.05) is 18.8 Å². The Hall–Kier alpha value is -2.44. The van der Waals surface area contributed by atoms with E-state index in [4.69, 9.17) is 38.4 Å². The summed E-state index contributed by atoms with van der Waals surface area (Å²) < 4.78 is 11.9. The first kappa shape index (κ1) is 18.4. The van der Waals surface area contributed by atoms with Gasteiger partial charge in [-0.15, -0.1) is 0 Å². The van der Waals surface area contributed by atoms with Gasteiger partial charge < -0.3 is 19.8 Å². The third kappa shape index (κ3) is 2.85. The smallest absolute Gasteiger partial charge is 0.340 e. The first-order chi connectivity index (χ1) is 12.3. The number of hydrogen-bond acceptors (Lipinski definition) is 5. The van der Waals surface area contributed by atoms with Crippen LogP contribution in [0.1, 0.15) is 22.7 Å². The molecule has 2 aromatic rings. The SMILES string of the molecule is COC(=O)C1=C(N)Oc2cc(C)n(C)c(=O)c2[C@H]1c1ccc(Cl)c(Cl)c1. The molecular weight excluding hydrogens is 379 g/mol. The van der Waals surface area contributed by atoms with Crippen LogP contribution in [0.2, 0.25) is 10.0 Å². The van der Waals surface area contributed by atoms with Gasteiger partial charge in [0.2, 0.25) is 5.88 Å². The zero-order valence-corrected chi connectivity index (χ0v) is 15.8. The van der Waals surface area contributed by atoms with E-state index >= 15 is 0 Å². The minimum Gasteiger partial charge on any atom is -0.465 e. The number of aryl methyl sites for hydroxylation is 1. The summed E-state index contributed by atoms with van der Waals surface area (Å²) >= 11 is 12.1. The highest BCUT2D eigenvalue weighted by Gasteiger charge is 2.38. The van der Waals surface area contributed by atoms with Crippen LogP contribution in [0.25, 0.3) is 0 Å². The van der Waals surface area contributed by atoms with Crippen molar-refractivity contribution in [1.82, 2.24) is 4.57 Å². The number of rotatable bonds is 2. The van der Waals surface area contributed by atoms with Gasteiger partial charge >= 0.3 is 5.97 Å². The first-order valence-electron chi connectivity index (χ1n) is 7.67. The van der Waals surface area contributed by atoms with Gasteiger partial charge in [0.15, 0.2) is 0 Å². The largest absolute Gasteiger partial charge is 0.465 e. The molecule has 1 atom stereocenters. The predicted molar refractivity (Wildman–Crippen MR) is 98.6 cm³/mol. The quantitative estimate of drug-likeness (QED) is 0.791. The molecule has 0 saturated heterocycles. The van der Waals surface area contributed by atoms with E-state index in [0.29, 0.717) is 27.1 Å². The van der Waals surface area contributed by atoms with Gasteiger partial charge in [0.25, 0.3) is 5.56 Å². The Morgan fingerprint density at radius 2 is 1.96 bits per heavy atom. The summed E-state index contributed by atoms with van der Waals surface area (Å²) in [5.41, 5.74) is 7.28. The fraction of sp³-hybridized carbons (Fsp3) is 0.222. The van der Waals surface area contributed by atoms with Crippen LogP contribution in [0.5, 0.6) is 5.75 Å². The van der Waals surface area contributed by atoms with E-state index in [0.717, 1.165) is 0 Å². The summed E-state index contributed by atoms with van der Waals surface area (Å²) in [5.74, 6) is -1.30. The first-order valence-corrected chi connectivity index (χ1v) is 8.43. The highest BCUT2D eigenvalue weighted by Crippen LogP contribution is 2.42. The Morgan fingerprint density at radius 3 is 2.58 bits per heavy atom. The number of hydrogen-bond donors (Lipinski definition) is 1. The highest BCUT2D eigenvalue weighted by atomic mass is 35.5. The Balaban J connectivity index is 2.36. The number of benzene rings is 1. The molecule has 0 bridgehead atoms. The van der Waals surface area contributed by atoms with E-state index in [1.165, 1.54) is 11.7 Å². The molecule has 6 nitrogen and oxygen atoms in total. The van der Waals surface area contributed by atoms with Gasteiger partial charge in [0.05, 0.1) is 28.6 Å². The zero-order valence-electron chi connectivity index (χ0n) is 14.3. The maximum absolute atomic E-state index is 12.9. The van der Waals surface area contributed by atoms with Crippen molar-refractivity contribution in [3.05, 3.63) is 72.9 Å². The summed E-state index contributed by atoms with van der Waals surface area (Å²) in [5, 5.41) is 0.653. The highest BCUT2D eigenvalue weighted by molar-refractivity contribution is 6.42. The second-order valence-corrected chi connectivity index (χ2v) is 6.72. The normalized spacial score (nSPS) is 16.1. The van der Waals surface area contributed by atoms with Crippen LogP contribution in [0.4, 0.5) is 0 Å². The van der Waals surface area contributed by atoms with Crippen molar-refractivity contribution in [2.45, 2.75) is 12.8 Å². The Morgan fingerprint density at radius 1 is 1.27 bits per heavy atom. The third-order valence-corrected chi connectivity index (χ3v) is 5.15. The fourth-order valence-corrected chi connectivity index (χ4v) is 3.28. The van der Waals surface area contributed by atoms with Crippen LogP contribution in [-0.2, 0) is 16.6 Å². The molecule has 0 unspecified atom stereocenters. The number of ether oxygens (including phenoxy) is 2. The van der Waals surface area contributed by atoms with E-state index in [1.807, 2.05) is 0 Å². The van der Waals surface area contributed by atoms with Crippen LogP contribution in [0, 0.1) is 6.92 Å². The molecule has 0 saturated carbocycles. The number of methoxy groups -OCH3 is 1. The van der Waals surface area contributed by atoms with E-state index < -0.39 is 11.9 Å². The molecule has 2 heterocycles. The number of halogens is 2. The number of nitrogens with two attached hydrogens (primary N) is 1. The molecule has 0 amide bonds. The van der Waals surface area contributed by atoms with Crippen molar-refractivity contribution in [1.29, 1.82) is 0 Å². The van der Waals surface area contributed by atoms with Crippen molar-refractivity contribution < 1.29 is 14.3 Å². The summed E-state index contributed by atoms with van der Waals surface area (Å²) in [7, 11) is 2.88. The molecule has 1 aromatic heterocycles. The van der Waals surface area contributed by atoms with Gasteiger partial charge in [-0.05, 0) is 24.6 Å². The zero-order chi connectivity index (χ0) is 19.2. The number of esters is 1. The van der Waals surface area contributed by atoms with Gasteiger partial charge in [-0.2, -0.15) is 0 Å². The van der Waals surface area contributed by atoms with E-state index in [2.05, 4.69) is 0 Å². The van der Waals surface area contributed by atoms with Gasteiger partial charge in [-0.3, -0.25) is 4.79 Å². The molecular formula is C18H16Cl2N2O4. The average molecular weight is 395 g/mol. The maximum atomic E-state index is 12.9. The number of fused-ring (bicyclic) bond motifs is 1. The van der Waals surface area contributed by atoms with Gasteiger partial charge in [-0.25, -0.2) is 4.79 Å². The minimum absolute atomic E-state index is 0.0411. The van der Waals surface area contributed by atoms with Crippen molar-refractivity contribution in [2.75, 3.05) is 7.11 Å². The summed E-state index contributed by atoms with van der Waals surface area (Å²) in [6.45, 7) is 1.77. The van der Waals surface area contributed by atoms with Crippen LogP contribution in [-0.4, -0.2) is 17.6 Å². The fourth-order valence-electron chi connectivity index (χ4n) is 2.97. The van der Waals surface area contributed by atoms with Crippen molar-refractivity contribution >= 4 is 29.2 Å².